The van der Waals surface area contributed by atoms with Gasteiger partial charge in [-0.15, -0.1) is 0 Å². The molecule has 1 amide bonds. The Kier molecular flexibility index (Phi) is 4.70. The number of aryl methyl sites for hydroxylation is 1. The lowest BCUT2D eigenvalue weighted by atomic mass is 10.1. The van der Waals surface area contributed by atoms with Gasteiger partial charge >= 0.3 is 0 Å². The van der Waals surface area contributed by atoms with Crippen LogP contribution in [0.5, 0.6) is 0 Å². The maximum absolute atomic E-state index is 13.5. The first-order chi connectivity index (χ1) is 10.7. The van der Waals surface area contributed by atoms with Gasteiger partial charge in [-0.1, -0.05) is 17.7 Å². The van der Waals surface area contributed by atoms with E-state index in [1.165, 1.54) is 13.1 Å². The lowest BCUT2D eigenvalue weighted by Gasteiger charge is -2.20. The Bertz CT molecular complexity index is 833. The number of rotatable bonds is 4. The van der Waals surface area contributed by atoms with Crippen LogP contribution < -0.4 is 9.62 Å². The number of carbonyl (C=O) groups is 1. The lowest BCUT2D eigenvalue weighted by molar-refractivity contribution is 0.102. The zero-order chi connectivity index (χ0) is 17.2. The van der Waals surface area contributed by atoms with Crippen LogP contribution in [0.15, 0.2) is 42.5 Å². The van der Waals surface area contributed by atoms with Crippen molar-refractivity contribution in [1.82, 2.24) is 0 Å². The molecule has 23 heavy (non-hydrogen) atoms. The van der Waals surface area contributed by atoms with Gasteiger partial charge in [0.05, 0.1) is 17.6 Å². The number of amides is 1. The van der Waals surface area contributed by atoms with E-state index >= 15 is 0 Å². The maximum Gasteiger partial charge on any atom is 0.255 e. The molecule has 0 spiro atoms. The summed E-state index contributed by atoms with van der Waals surface area (Å²) in [4.78, 5) is 12.3. The van der Waals surface area contributed by atoms with Gasteiger partial charge < -0.3 is 5.32 Å². The smallest absolute Gasteiger partial charge is 0.255 e. The van der Waals surface area contributed by atoms with Crippen LogP contribution in [-0.2, 0) is 10.0 Å². The molecule has 2 aromatic carbocycles. The number of nitrogens with one attached hydrogen (secondary N) is 1. The van der Waals surface area contributed by atoms with Crippen molar-refractivity contribution < 1.29 is 17.6 Å². The predicted octanol–water partition coefficient (Wildman–Crippen LogP) is 2.78. The van der Waals surface area contributed by atoms with E-state index in [1.54, 1.807) is 24.3 Å². The summed E-state index contributed by atoms with van der Waals surface area (Å²) in [5.74, 6) is -1.02. The standard InChI is InChI=1S/C16H17FN2O3S/c1-11-4-6-12(7-5-11)16(20)18-14-10-13(17)8-9-15(14)19(2)23(3,21)22/h4-10H,1-3H3,(H,18,20). The molecule has 0 saturated heterocycles. The highest BCUT2D eigenvalue weighted by Crippen LogP contribution is 2.28. The molecule has 0 aliphatic heterocycles. The van der Waals surface area contributed by atoms with Crippen LogP contribution in [0.2, 0.25) is 0 Å². The van der Waals surface area contributed by atoms with Crippen LogP contribution in [0.25, 0.3) is 0 Å². The fourth-order valence-corrected chi connectivity index (χ4v) is 2.48. The van der Waals surface area contributed by atoms with Gasteiger partial charge in [0.1, 0.15) is 5.82 Å². The molecule has 2 rings (SSSR count). The lowest BCUT2D eigenvalue weighted by Crippen LogP contribution is -2.26. The molecule has 0 radical (unpaired) electrons. The van der Waals surface area contributed by atoms with E-state index in [9.17, 15) is 17.6 Å². The summed E-state index contributed by atoms with van der Waals surface area (Å²) in [6.07, 6.45) is 1.03. The molecule has 0 aliphatic carbocycles. The van der Waals surface area contributed by atoms with E-state index in [1.807, 2.05) is 6.92 Å². The number of hydrogen-bond acceptors (Lipinski definition) is 3. The van der Waals surface area contributed by atoms with Crippen LogP contribution in [0.3, 0.4) is 0 Å². The second-order valence-corrected chi connectivity index (χ2v) is 7.23. The Hall–Kier alpha value is -2.41. The Morgan fingerprint density at radius 3 is 2.30 bits per heavy atom. The maximum atomic E-state index is 13.5. The summed E-state index contributed by atoms with van der Waals surface area (Å²) < 4.78 is 37.8. The average molecular weight is 336 g/mol. The Morgan fingerprint density at radius 2 is 1.74 bits per heavy atom. The molecule has 0 unspecified atom stereocenters. The summed E-state index contributed by atoms with van der Waals surface area (Å²) in [6, 6.07) is 10.4. The first-order valence-electron chi connectivity index (χ1n) is 6.80. The molecule has 0 atom stereocenters. The van der Waals surface area contributed by atoms with E-state index in [0.29, 0.717) is 5.56 Å². The van der Waals surface area contributed by atoms with Crippen molar-refractivity contribution in [2.75, 3.05) is 22.9 Å². The SMILES string of the molecule is Cc1ccc(C(=O)Nc2cc(F)ccc2N(C)S(C)(=O)=O)cc1. The topological polar surface area (TPSA) is 66.5 Å². The van der Waals surface area contributed by atoms with E-state index in [4.69, 9.17) is 0 Å². The van der Waals surface area contributed by atoms with Gasteiger partial charge in [0.15, 0.2) is 0 Å². The van der Waals surface area contributed by atoms with Gasteiger partial charge in [0, 0.05) is 12.6 Å². The Balaban J connectivity index is 2.37. The van der Waals surface area contributed by atoms with Crippen molar-refractivity contribution in [3.63, 3.8) is 0 Å². The molecule has 5 nitrogen and oxygen atoms in total. The summed E-state index contributed by atoms with van der Waals surface area (Å²) in [5, 5.41) is 2.56. The molecule has 0 aromatic heterocycles. The summed E-state index contributed by atoms with van der Waals surface area (Å²) in [5.41, 5.74) is 1.68. The predicted molar refractivity (Wildman–Crippen MR) is 88.8 cm³/mol. The van der Waals surface area contributed by atoms with Crippen LogP contribution in [-0.4, -0.2) is 27.6 Å². The number of sulfonamides is 1. The molecule has 1 N–H and O–H groups in total. The van der Waals surface area contributed by atoms with Crippen molar-refractivity contribution in [3.8, 4) is 0 Å². The summed E-state index contributed by atoms with van der Waals surface area (Å²) >= 11 is 0. The summed E-state index contributed by atoms with van der Waals surface area (Å²) in [6.45, 7) is 1.90. The molecular formula is C16H17FN2O3S. The van der Waals surface area contributed by atoms with E-state index in [0.717, 1.165) is 28.3 Å². The number of benzene rings is 2. The normalized spacial score (nSPS) is 11.1. The highest BCUT2D eigenvalue weighted by atomic mass is 32.2. The van der Waals surface area contributed by atoms with Crippen molar-refractivity contribution in [1.29, 1.82) is 0 Å². The molecule has 2 aromatic rings. The van der Waals surface area contributed by atoms with Crippen molar-refractivity contribution >= 4 is 27.3 Å². The zero-order valence-corrected chi connectivity index (χ0v) is 13.8. The number of hydrogen-bond donors (Lipinski definition) is 1. The molecule has 0 bridgehead atoms. The second kappa shape index (κ2) is 6.37. The number of carbonyl (C=O) groups excluding carboxylic acids is 1. The van der Waals surface area contributed by atoms with Crippen molar-refractivity contribution in [2.24, 2.45) is 0 Å². The van der Waals surface area contributed by atoms with Crippen LogP contribution in [0, 0.1) is 12.7 Å². The number of nitrogens with zero attached hydrogens (tertiary/aromatic N) is 1. The van der Waals surface area contributed by atoms with Gasteiger partial charge in [0.2, 0.25) is 10.0 Å². The molecule has 7 heteroatoms. The van der Waals surface area contributed by atoms with Crippen LogP contribution in [0.4, 0.5) is 15.8 Å². The molecular weight excluding hydrogens is 319 g/mol. The molecule has 0 saturated carbocycles. The first-order valence-corrected chi connectivity index (χ1v) is 8.65. The third-order valence-electron chi connectivity index (χ3n) is 3.36. The average Bonchev–Trinajstić information content (AvgIpc) is 2.46. The van der Waals surface area contributed by atoms with E-state index in [2.05, 4.69) is 5.32 Å². The number of halogens is 1. The van der Waals surface area contributed by atoms with Gasteiger partial charge in [-0.25, -0.2) is 12.8 Å². The van der Waals surface area contributed by atoms with Gasteiger partial charge in [-0.3, -0.25) is 9.10 Å². The Morgan fingerprint density at radius 1 is 1.13 bits per heavy atom. The fourth-order valence-electron chi connectivity index (χ4n) is 1.96. The third-order valence-corrected chi connectivity index (χ3v) is 4.55. The van der Waals surface area contributed by atoms with Crippen LogP contribution >= 0.6 is 0 Å². The van der Waals surface area contributed by atoms with E-state index in [-0.39, 0.29) is 11.4 Å². The van der Waals surface area contributed by atoms with Crippen molar-refractivity contribution in [2.45, 2.75) is 6.92 Å². The third kappa shape index (κ3) is 4.07. The van der Waals surface area contributed by atoms with Crippen LogP contribution in [0.1, 0.15) is 15.9 Å². The Labute approximate surface area is 134 Å². The minimum atomic E-state index is -3.54. The first kappa shape index (κ1) is 17.0. The summed E-state index contributed by atoms with van der Waals surface area (Å²) in [7, 11) is -2.20. The number of anilines is 2. The largest absolute Gasteiger partial charge is 0.320 e. The van der Waals surface area contributed by atoms with Crippen molar-refractivity contribution in [3.05, 3.63) is 59.4 Å². The van der Waals surface area contributed by atoms with Gasteiger partial charge in [-0.2, -0.15) is 0 Å². The fraction of sp³-hybridized carbons (Fsp3) is 0.188. The molecule has 0 heterocycles. The van der Waals surface area contributed by atoms with Gasteiger partial charge in [0.25, 0.3) is 5.91 Å². The highest BCUT2D eigenvalue weighted by Gasteiger charge is 2.18. The minimum absolute atomic E-state index is 0.0866. The zero-order valence-electron chi connectivity index (χ0n) is 13.0. The van der Waals surface area contributed by atoms with Gasteiger partial charge in [-0.05, 0) is 37.3 Å². The quantitative estimate of drug-likeness (QED) is 0.933. The molecule has 122 valence electrons. The highest BCUT2D eigenvalue weighted by molar-refractivity contribution is 7.92. The monoisotopic (exact) mass is 336 g/mol. The second-order valence-electron chi connectivity index (χ2n) is 5.21. The van der Waals surface area contributed by atoms with E-state index < -0.39 is 21.7 Å². The minimum Gasteiger partial charge on any atom is -0.320 e. The molecule has 0 aliphatic rings. The molecule has 0 fully saturated rings.